The summed E-state index contributed by atoms with van der Waals surface area (Å²) in [5.41, 5.74) is 7.42. The minimum Gasteiger partial charge on any atom is -0.463 e. The van der Waals surface area contributed by atoms with Gasteiger partial charge < -0.3 is 9.30 Å². The zero-order valence-electron chi connectivity index (χ0n) is 24.6. The van der Waals surface area contributed by atoms with Gasteiger partial charge in [0.2, 0.25) is 0 Å². The normalized spacial score (nSPS) is 14.9. The van der Waals surface area contributed by atoms with Crippen molar-refractivity contribution < 1.29 is 9.53 Å². The van der Waals surface area contributed by atoms with E-state index in [1.54, 1.807) is 23.6 Å². The first-order chi connectivity index (χ1) is 21.2. The molecule has 9 heteroatoms. The van der Waals surface area contributed by atoms with Crippen molar-refractivity contribution >= 4 is 63.3 Å². The van der Waals surface area contributed by atoms with E-state index in [1.807, 2.05) is 48.5 Å². The van der Waals surface area contributed by atoms with E-state index in [9.17, 15) is 9.59 Å². The number of carbonyl (C=O) groups is 1. The predicted molar refractivity (Wildman–Crippen MR) is 185 cm³/mol. The molecule has 6 rings (SSSR count). The topological polar surface area (TPSA) is 65.6 Å². The first-order valence-electron chi connectivity index (χ1n) is 14.2. The first kappa shape index (κ1) is 30.3. The second-order valence-corrected chi connectivity index (χ2v) is 13.2. The highest BCUT2D eigenvalue weighted by Crippen LogP contribution is 2.35. The summed E-state index contributed by atoms with van der Waals surface area (Å²) in [6.45, 7) is 8.18. The Balaban J connectivity index is 1.59. The number of hydrogen-bond donors (Lipinski definition) is 0. The van der Waals surface area contributed by atoms with Crippen molar-refractivity contribution in [3.63, 3.8) is 0 Å². The quantitative estimate of drug-likeness (QED) is 0.141. The smallest absolute Gasteiger partial charge is 0.338 e. The number of carbonyl (C=O) groups excluding carboxylic acids is 1. The zero-order chi connectivity index (χ0) is 31.1. The number of benzene rings is 3. The molecule has 0 aliphatic carbocycles. The van der Waals surface area contributed by atoms with Crippen molar-refractivity contribution in [2.75, 3.05) is 6.61 Å². The van der Waals surface area contributed by atoms with Crippen LogP contribution in [-0.4, -0.2) is 21.7 Å². The van der Waals surface area contributed by atoms with E-state index in [0.29, 0.717) is 25.6 Å². The first-order valence-corrected chi connectivity index (χ1v) is 16.4. The Morgan fingerprint density at radius 1 is 1.05 bits per heavy atom. The number of hydrogen-bond acceptors (Lipinski definition) is 5. The van der Waals surface area contributed by atoms with E-state index in [4.69, 9.17) is 21.3 Å². The van der Waals surface area contributed by atoms with Gasteiger partial charge in [0.15, 0.2) is 4.80 Å². The van der Waals surface area contributed by atoms with Crippen LogP contribution in [0.15, 0.2) is 94.2 Å². The summed E-state index contributed by atoms with van der Waals surface area (Å²) in [6.07, 6.45) is 1.93. The fourth-order valence-electron chi connectivity index (χ4n) is 5.59. The van der Waals surface area contributed by atoms with Crippen molar-refractivity contribution in [1.29, 1.82) is 0 Å². The van der Waals surface area contributed by atoms with Crippen LogP contribution in [0.4, 0.5) is 0 Å². The fourth-order valence-corrected chi connectivity index (χ4v) is 7.21. The standard InChI is InChI=1S/C35H29ClIN3O3S/c1-5-43-34(42)30-31(23-9-7-6-8-10-23)38-35-40(32(30)24-12-14-26(36)15-13-24)33(41)29(44-35)18-25-17-21(3)39(22(25)4)27-16-11-20(2)28(37)19-27/h6-19,32H,5H2,1-4H3/b29-18-/t32-/m0/s1. The van der Waals surface area contributed by atoms with Crippen molar-refractivity contribution in [3.8, 4) is 5.69 Å². The van der Waals surface area contributed by atoms with E-state index in [1.165, 1.54) is 20.5 Å². The van der Waals surface area contributed by atoms with E-state index < -0.39 is 12.0 Å². The molecule has 3 aromatic carbocycles. The van der Waals surface area contributed by atoms with E-state index in [0.717, 1.165) is 33.8 Å². The monoisotopic (exact) mass is 733 g/mol. The van der Waals surface area contributed by atoms with Crippen LogP contribution < -0.4 is 14.9 Å². The molecule has 3 heterocycles. The second-order valence-electron chi connectivity index (χ2n) is 10.6. The molecule has 2 aromatic heterocycles. The van der Waals surface area contributed by atoms with Gasteiger partial charge >= 0.3 is 5.97 Å². The maximum Gasteiger partial charge on any atom is 0.338 e. The van der Waals surface area contributed by atoms with Crippen LogP contribution in [-0.2, 0) is 9.53 Å². The summed E-state index contributed by atoms with van der Waals surface area (Å²) in [5, 5.41) is 0.560. The molecule has 1 aliphatic heterocycles. The Kier molecular flexibility index (Phi) is 8.50. The Labute approximate surface area is 277 Å². The van der Waals surface area contributed by atoms with E-state index in [2.05, 4.69) is 72.2 Å². The number of esters is 1. The Hall–Kier alpha value is -3.73. The highest BCUT2D eigenvalue weighted by atomic mass is 127. The third kappa shape index (κ3) is 5.50. The maximum absolute atomic E-state index is 14.3. The minimum atomic E-state index is -0.748. The number of aryl methyl sites for hydroxylation is 2. The summed E-state index contributed by atoms with van der Waals surface area (Å²) < 4.78 is 11.1. The summed E-state index contributed by atoms with van der Waals surface area (Å²) in [6, 6.07) is 24.5. The van der Waals surface area contributed by atoms with Crippen molar-refractivity contribution in [2.24, 2.45) is 4.99 Å². The average molecular weight is 734 g/mol. The molecule has 0 saturated carbocycles. The van der Waals surface area contributed by atoms with Crippen molar-refractivity contribution in [3.05, 3.63) is 146 Å². The van der Waals surface area contributed by atoms with Gasteiger partial charge in [-0.15, -0.1) is 0 Å². The number of thiazole rings is 1. The SMILES string of the molecule is CCOC(=O)C1=C(c2ccccc2)N=c2s/c(=C\c3cc(C)n(-c4ccc(C)c(I)c4)c3C)c(=O)n2[C@H]1c1ccc(Cl)cc1. The van der Waals surface area contributed by atoms with Crippen LogP contribution in [0.3, 0.4) is 0 Å². The van der Waals surface area contributed by atoms with Gasteiger partial charge in [0, 0.05) is 31.2 Å². The summed E-state index contributed by atoms with van der Waals surface area (Å²) in [5.74, 6) is -0.513. The molecule has 44 heavy (non-hydrogen) atoms. The Bertz CT molecular complexity index is 2130. The number of ether oxygens (including phenoxy) is 1. The maximum atomic E-state index is 14.3. The van der Waals surface area contributed by atoms with Crippen molar-refractivity contribution in [1.82, 2.24) is 9.13 Å². The lowest BCUT2D eigenvalue weighted by molar-refractivity contribution is -0.138. The number of fused-ring (bicyclic) bond motifs is 1. The lowest BCUT2D eigenvalue weighted by Crippen LogP contribution is -2.40. The van der Waals surface area contributed by atoms with Crippen LogP contribution in [0.2, 0.25) is 5.02 Å². The van der Waals surface area contributed by atoms with Gasteiger partial charge in [0.25, 0.3) is 5.56 Å². The fraction of sp³-hybridized carbons (Fsp3) is 0.171. The van der Waals surface area contributed by atoms with Gasteiger partial charge in [-0.2, -0.15) is 0 Å². The highest BCUT2D eigenvalue weighted by Gasteiger charge is 2.35. The number of rotatable bonds is 6. The van der Waals surface area contributed by atoms with Gasteiger partial charge in [-0.1, -0.05) is 71.5 Å². The average Bonchev–Trinajstić information content (AvgIpc) is 3.48. The summed E-state index contributed by atoms with van der Waals surface area (Å²) in [7, 11) is 0. The molecule has 0 bridgehead atoms. The largest absolute Gasteiger partial charge is 0.463 e. The molecule has 0 saturated heterocycles. The van der Waals surface area contributed by atoms with Gasteiger partial charge in [-0.05, 0) is 103 Å². The molecule has 0 spiro atoms. The number of aromatic nitrogens is 2. The number of nitrogens with zero attached hydrogens (tertiary/aromatic N) is 3. The molecule has 0 amide bonds. The van der Waals surface area contributed by atoms with Crippen LogP contribution in [0.5, 0.6) is 0 Å². The lowest BCUT2D eigenvalue weighted by Gasteiger charge is -2.25. The van der Waals surface area contributed by atoms with Crippen LogP contribution in [0.25, 0.3) is 17.5 Å². The molecule has 0 fully saturated rings. The molecular weight excluding hydrogens is 705 g/mol. The van der Waals surface area contributed by atoms with Gasteiger partial charge in [0.1, 0.15) is 0 Å². The minimum absolute atomic E-state index is 0.192. The third-order valence-electron chi connectivity index (χ3n) is 7.73. The molecule has 1 aliphatic rings. The molecular formula is C35H29ClIN3O3S. The zero-order valence-corrected chi connectivity index (χ0v) is 28.3. The molecule has 0 radical (unpaired) electrons. The molecule has 0 unspecified atom stereocenters. The third-order valence-corrected chi connectivity index (χ3v) is 10.1. The van der Waals surface area contributed by atoms with Gasteiger partial charge in [-0.3, -0.25) is 9.36 Å². The Morgan fingerprint density at radius 3 is 2.45 bits per heavy atom. The summed E-state index contributed by atoms with van der Waals surface area (Å²) in [4.78, 5) is 33.3. The second kappa shape index (κ2) is 12.3. The lowest BCUT2D eigenvalue weighted by atomic mass is 9.93. The van der Waals surface area contributed by atoms with Crippen LogP contribution in [0, 0.1) is 24.3 Å². The number of halogens is 2. The molecule has 5 aromatic rings. The van der Waals surface area contributed by atoms with E-state index >= 15 is 0 Å². The van der Waals surface area contributed by atoms with Crippen LogP contribution in [0.1, 0.15) is 46.6 Å². The molecule has 222 valence electrons. The van der Waals surface area contributed by atoms with Crippen molar-refractivity contribution in [2.45, 2.75) is 33.7 Å². The van der Waals surface area contributed by atoms with Crippen LogP contribution >= 0.6 is 45.5 Å². The molecule has 6 nitrogen and oxygen atoms in total. The predicted octanol–water partition coefficient (Wildman–Crippen LogP) is 6.91. The summed E-state index contributed by atoms with van der Waals surface area (Å²) >= 11 is 9.91. The highest BCUT2D eigenvalue weighted by molar-refractivity contribution is 14.1. The van der Waals surface area contributed by atoms with Gasteiger partial charge in [0.05, 0.1) is 28.5 Å². The van der Waals surface area contributed by atoms with E-state index in [-0.39, 0.29) is 12.2 Å². The molecule has 0 N–H and O–H groups in total. The van der Waals surface area contributed by atoms with Gasteiger partial charge in [-0.25, -0.2) is 9.79 Å². The Morgan fingerprint density at radius 2 is 1.77 bits per heavy atom. The molecule has 1 atom stereocenters.